The fourth-order valence-electron chi connectivity index (χ4n) is 3.55. The highest BCUT2D eigenvalue weighted by atomic mass is 32.2. The van der Waals surface area contributed by atoms with Crippen LogP contribution >= 0.6 is 0 Å². The molecule has 0 bridgehead atoms. The van der Waals surface area contributed by atoms with Gasteiger partial charge in [-0.2, -0.15) is 13.1 Å². The van der Waals surface area contributed by atoms with Gasteiger partial charge in [-0.3, -0.25) is 4.79 Å². The predicted molar refractivity (Wildman–Crippen MR) is 112 cm³/mol. The first-order chi connectivity index (χ1) is 14.8. The number of amides is 1. The van der Waals surface area contributed by atoms with Crippen molar-refractivity contribution in [1.82, 2.24) is 9.62 Å². The number of benzene rings is 2. The molecule has 1 aliphatic heterocycles. The first-order valence-electron chi connectivity index (χ1n) is 10.2. The number of piperidine rings is 1. The summed E-state index contributed by atoms with van der Waals surface area (Å²) in [5, 5.41) is 2.81. The van der Waals surface area contributed by atoms with Crippen LogP contribution in [0.5, 0.6) is 5.75 Å². The molecule has 0 aromatic heterocycles. The van der Waals surface area contributed by atoms with E-state index in [0.29, 0.717) is 24.2 Å². The Balaban J connectivity index is 1.59. The lowest BCUT2D eigenvalue weighted by Crippen LogP contribution is -2.35. The highest BCUT2D eigenvalue weighted by molar-refractivity contribution is 7.89. The van der Waals surface area contributed by atoms with Crippen molar-refractivity contribution in [2.24, 2.45) is 0 Å². The zero-order valence-electron chi connectivity index (χ0n) is 17.3. The summed E-state index contributed by atoms with van der Waals surface area (Å²) in [6, 6.07) is 12.1. The van der Waals surface area contributed by atoms with Crippen molar-refractivity contribution in [3.05, 3.63) is 59.7 Å². The first-order valence-corrected chi connectivity index (χ1v) is 11.6. The Morgan fingerprint density at radius 1 is 1.10 bits per heavy atom. The number of carbonyl (C=O) groups is 1. The average molecular weight is 453 g/mol. The molecule has 0 spiro atoms. The number of rotatable bonds is 8. The van der Waals surface area contributed by atoms with Crippen molar-refractivity contribution >= 4 is 15.9 Å². The standard InChI is InChI=1S/C22H26F2N2O4S/c1-16(18-6-5-7-19(15-18)30-22(23)24)25-21(27)14-17-8-10-20(11-9-17)31(28,29)26-12-3-2-4-13-26/h5-11,15-16,22H,2-4,12-14H2,1H3,(H,25,27). The van der Waals surface area contributed by atoms with Gasteiger partial charge in [-0.25, -0.2) is 8.42 Å². The molecule has 1 amide bonds. The van der Waals surface area contributed by atoms with Crippen LogP contribution in [0.2, 0.25) is 0 Å². The maximum absolute atomic E-state index is 12.7. The summed E-state index contributed by atoms with van der Waals surface area (Å²) < 4.78 is 56.1. The Hall–Kier alpha value is -2.52. The highest BCUT2D eigenvalue weighted by Gasteiger charge is 2.25. The van der Waals surface area contributed by atoms with E-state index in [-0.39, 0.29) is 23.0 Å². The van der Waals surface area contributed by atoms with E-state index in [4.69, 9.17) is 0 Å². The molecule has 0 radical (unpaired) electrons. The zero-order valence-corrected chi connectivity index (χ0v) is 18.1. The largest absolute Gasteiger partial charge is 0.435 e. The van der Waals surface area contributed by atoms with Gasteiger partial charge in [-0.1, -0.05) is 30.7 Å². The van der Waals surface area contributed by atoms with Gasteiger partial charge in [0.05, 0.1) is 17.4 Å². The molecule has 3 rings (SSSR count). The number of halogens is 2. The third-order valence-electron chi connectivity index (χ3n) is 5.20. The van der Waals surface area contributed by atoms with E-state index in [1.54, 1.807) is 31.2 Å². The predicted octanol–water partition coefficient (Wildman–Crippen LogP) is 3.88. The minimum atomic E-state index is -3.51. The molecule has 0 aliphatic carbocycles. The van der Waals surface area contributed by atoms with Crippen molar-refractivity contribution in [2.45, 2.75) is 50.2 Å². The van der Waals surface area contributed by atoms with E-state index < -0.39 is 22.7 Å². The molecule has 1 atom stereocenters. The third kappa shape index (κ3) is 6.24. The van der Waals surface area contributed by atoms with E-state index in [9.17, 15) is 22.0 Å². The summed E-state index contributed by atoms with van der Waals surface area (Å²) in [5.74, 6) is -0.238. The Kier molecular flexibility index (Phi) is 7.61. The number of nitrogens with one attached hydrogen (secondary N) is 1. The fourth-order valence-corrected chi connectivity index (χ4v) is 5.07. The SMILES string of the molecule is CC(NC(=O)Cc1ccc(S(=O)(=O)N2CCCCC2)cc1)c1cccc(OC(F)F)c1. The van der Waals surface area contributed by atoms with Gasteiger partial charge in [0.1, 0.15) is 5.75 Å². The van der Waals surface area contributed by atoms with Crippen LogP contribution in [0.4, 0.5) is 8.78 Å². The van der Waals surface area contributed by atoms with Crippen LogP contribution in [0.25, 0.3) is 0 Å². The van der Waals surface area contributed by atoms with E-state index in [2.05, 4.69) is 10.1 Å². The van der Waals surface area contributed by atoms with E-state index in [1.807, 2.05) is 0 Å². The van der Waals surface area contributed by atoms with Gasteiger partial charge in [0.15, 0.2) is 0 Å². The van der Waals surface area contributed by atoms with Crippen molar-refractivity contribution in [3.8, 4) is 5.75 Å². The van der Waals surface area contributed by atoms with Crippen LogP contribution in [-0.2, 0) is 21.2 Å². The second kappa shape index (κ2) is 10.2. The van der Waals surface area contributed by atoms with Gasteiger partial charge >= 0.3 is 6.61 Å². The maximum atomic E-state index is 12.7. The van der Waals surface area contributed by atoms with Crippen molar-refractivity contribution in [2.75, 3.05) is 13.1 Å². The molecule has 1 aliphatic rings. The van der Waals surface area contributed by atoms with Crippen LogP contribution in [-0.4, -0.2) is 38.3 Å². The highest BCUT2D eigenvalue weighted by Crippen LogP contribution is 2.22. The molecule has 2 aromatic carbocycles. The van der Waals surface area contributed by atoms with Crippen LogP contribution in [0.3, 0.4) is 0 Å². The summed E-state index contributed by atoms with van der Waals surface area (Å²) in [5.41, 5.74) is 1.31. The molecule has 1 saturated heterocycles. The topological polar surface area (TPSA) is 75.7 Å². The molecule has 168 valence electrons. The van der Waals surface area contributed by atoms with Gasteiger partial charge in [0.2, 0.25) is 15.9 Å². The van der Waals surface area contributed by atoms with E-state index in [0.717, 1.165) is 19.3 Å². The Bertz CT molecular complexity index is 991. The Labute approximate surface area is 181 Å². The number of hydrogen-bond donors (Lipinski definition) is 1. The van der Waals surface area contributed by atoms with Gasteiger partial charge in [0.25, 0.3) is 0 Å². The minimum absolute atomic E-state index is 0.0269. The van der Waals surface area contributed by atoms with Crippen LogP contribution in [0.1, 0.15) is 43.4 Å². The van der Waals surface area contributed by atoms with Crippen molar-refractivity contribution < 1.29 is 26.7 Å². The molecule has 0 saturated carbocycles. The molecular weight excluding hydrogens is 426 g/mol. The first kappa shape index (κ1) is 23.1. The number of sulfonamides is 1. The number of alkyl halides is 2. The van der Waals surface area contributed by atoms with Gasteiger partial charge in [0, 0.05) is 13.1 Å². The summed E-state index contributed by atoms with van der Waals surface area (Å²) in [6.07, 6.45) is 2.85. The molecule has 1 N–H and O–H groups in total. The lowest BCUT2D eigenvalue weighted by Gasteiger charge is -2.25. The molecule has 1 heterocycles. The normalized spacial score (nSPS) is 16.1. The average Bonchev–Trinajstić information content (AvgIpc) is 2.74. The number of hydrogen-bond acceptors (Lipinski definition) is 4. The van der Waals surface area contributed by atoms with Gasteiger partial charge in [-0.15, -0.1) is 0 Å². The maximum Gasteiger partial charge on any atom is 0.387 e. The monoisotopic (exact) mass is 452 g/mol. The summed E-state index contributed by atoms with van der Waals surface area (Å²) in [6.45, 7) is -0.0999. The Morgan fingerprint density at radius 2 is 1.77 bits per heavy atom. The zero-order chi connectivity index (χ0) is 22.4. The molecular formula is C22H26F2N2O4S. The third-order valence-corrected chi connectivity index (χ3v) is 7.11. The van der Waals surface area contributed by atoms with Crippen molar-refractivity contribution in [1.29, 1.82) is 0 Å². The Morgan fingerprint density at radius 3 is 2.42 bits per heavy atom. The number of nitrogens with zero attached hydrogens (tertiary/aromatic N) is 1. The van der Waals surface area contributed by atoms with Gasteiger partial charge in [-0.05, 0) is 55.2 Å². The summed E-state index contributed by atoms with van der Waals surface area (Å²) in [7, 11) is -3.51. The molecule has 31 heavy (non-hydrogen) atoms. The second-order valence-corrected chi connectivity index (χ2v) is 9.46. The van der Waals surface area contributed by atoms with Crippen molar-refractivity contribution in [3.63, 3.8) is 0 Å². The molecule has 1 unspecified atom stereocenters. The lowest BCUT2D eigenvalue weighted by atomic mass is 10.1. The lowest BCUT2D eigenvalue weighted by molar-refractivity contribution is -0.121. The van der Waals surface area contributed by atoms with E-state index >= 15 is 0 Å². The van der Waals surface area contributed by atoms with Crippen LogP contribution in [0.15, 0.2) is 53.4 Å². The minimum Gasteiger partial charge on any atom is -0.435 e. The van der Waals surface area contributed by atoms with E-state index in [1.165, 1.54) is 28.6 Å². The summed E-state index contributed by atoms with van der Waals surface area (Å²) >= 11 is 0. The van der Waals surface area contributed by atoms with Crippen LogP contribution < -0.4 is 10.1 Å². The quantitative estimate of drug-likeness (QED) is 0.660. The molecule has 9 heteroatoms. The van der Waals surface area contributed by atoms with Gasteiger partial charge < -0.3 is 10.1 Å². The number of carbonyl (C=O) groups excluding carboxylic acids is 1. The summed E-state index contributed by atoms with van der Waals surface area (Å²) in [4.78, 5) is 12.6. The number of ether oxygens (including phenoxy) is 1. The fraction of sp³-hybridized carbons (Fsp3) is 0.409. The molecule has 1 fully saturated rings. The molecule has 6 nitrogen and oxygen atoms in total. The smallest absolute Gasteiger partial charge is 0.387 e. The second-order valence-electron chi connectivity index (χ2n) is 7.53. The molecule has 2 aromatic rings. The van der Waals surface area contributed by atoms with Crippen LogP contribution in [0, 0.1) is 0 Å².